The molecule has 1 aliphatic carbocycles. The lowest BCUT2D eigenvalue weighted by atomic mass is 9.93. The van der Waals surface area contributed by atoms with E-state index >= 15 is 0 Å². The minimum Gasteiger partial charge on any atom is -0.495 e. The third kappa shape index (κ3) is 3.17. The summed E-state index contributed by atoms with van der Waals surface area (Å²) in [5, 5.41) is 2.82. The van der Waals surface area contributed by atoms with Crippen LogP contribution in [-0.4, -0.2) is 18.9 Å². The van der Waals surface area contributed by atoms with Crippen molar-refractivity contribution < 1.29 is 14.3 Å². The third-order valence-corrected chi connectivity index (χ3v) is 3.38. The molecule has 106 valence electrons. The smallest absolute Gasteiger partial charge is 0.248 e. The molecule has 0 radical (unpaired) electrons. The van der Waals surface area contributed by atoms with Gasteiger partial charge in [0, 0.05) is 11.5 Å². The first-order chi connectivity index (χ1) is 9.61. The summed E-state index contributed by atoms with van der Waals surface area (Å²) in [6, 6.07) is 4.73. The normalized spacial score (nSPS) is 17.6. The van der Waals surface area contributed by atoms with Crippen molar-refractivity contribution in [2.75, 3.05) is 12.4 Å². The fraction of sp³-hybridized carbons (Fsp3) is 0.333. The van der Waals surface area contributed by atoms with Gasteiger partial charge in [0.1, 0.15) is 5.75 Å². The van der Waals surface area contributed by atoms with Crippen molar-refractivity contribution in [2.24, 2.45) is 11.7 Å². The molecule has 20 heavy (non-hydrogen) atoms. The number of benzene rings is 1. The highest BCUT2D eigenvalue weighted by molar-refractivity contribution is 5.98. The molecule has 0 saturated carbocycles. The highest BCUT2D eigenvalue weighted by Crippen LogP contribution is 2.27. The van der Waals surface area contributed by atoms with Crippen molar-refractivity contribution in [3.8, 4) is 5.75 Å². The first-order valence-electron chi connectivity index (χ1n) is 6.55. The summed E-state index contributed by atoms with van der Waals surface area (Å²) in [5.41, 5.74) is 6.06. The van der Waals surface area contributed by atoms with Crippen molar-refractivity contribution in [1.82, 2.24) is 0 Å². The van der Waals surface area contributed by atoms with Gasteiger partial charge in [0.05, 0.1) is 12.8 Å². The Labute approximate surface area is 117 Å². The van der Waals surface area contributed by atoms with E-state index in [1.807, 2.05) is 6.08 Å². The molecule has 0 heterocycles. The standard InChI is InChI=1S/C15H18N2O3/c1-20-13-8-7-11(14(16)18)9-12(13)17-15(19)10-5-3-2-4-6-10/h2-3,7-10H,4-6H2,1H3,(H2,16,18)(H,17,19)/t10-/m1/s1. The number of nitrogens with two attached hydrogens (primary N) is 1. The second-order valence-corrected chi connectivity index (χ2v) is 4.75. The number of rotatable bonds is 4. The number of anilines is 1. The molecule has 1 atom stereocenters. The number of ether oxygens (including phenoxy) is 1. The van der Waals surface area contributed by atoms with E-state index in [0.29, 0.717) is 17.0 Å². The van der Waals surface area contributed by atoms with Gasteiger partial charge in [0.15, 0.2) is 0 Å². The number of nitrogens with one attached hydrogen (secondary N) is 1. The van der Waals surface area contributed by atoms with Crippen LogP contribution in [0.3, 0.4) is 0 Å². The summed E-state index contributed by atoms with van der Waals surface area (Å²) in [5.74, 6) is -0.130. The van der Waals surface area contributed by atoms with E-state index in [2.05, 4.69) is 11.4 Å². The van der Waals surface area contributed by atoms with Gasteiger partial charge >= 0.3 is 0 Å². The van der Waals surface area contributed by atoms with Gasteiger partial charge in [0.25, 0.3) is 0 Å². The van der Waals surface area contributed by atoms with Gasteiger partial charge < -0.3 is 15.8 Å². The van der Waals surface area contributed by atoms with Gasteiger partial charge in [-0.1, -0.05) is 12.2 Å². The molecule has 1 aromatic rings. The Morgan fingerprint density at radius 3 is 2.75 bits per heavy atom. The van der Waals surface area contributed by atoms with Crippen LogP contribution >= 0.6 is 0 Å². The molecule has 2 rings (SSSR count). The van der Waals surface area contributed by atoms with Crippen molar-refractivity contribution in [1.29, 1.82) is 0 Å². The molecule has 0 unspecified atom stereocenters. The third-order valence-electron chi connectivity index (χ3n) is 3.38. The first kappa shape index (κ1) is 14.1. The predicted molar refractivity (Wildman–Crippen MR) is 76.6 cm³/mol. The van der Waals surface area contributed by atoms with Gasteiger partial charge in [-0.3, -0.25) is 9.59 Å². The van der Waals surface area contributed by atoms with Crippen molar-refractivity contribution >= 4 is 17.5 Å². The molecule has 1 aliphatic rings. The number of methoxy groups -OCH3 is 1. The highest BCUT2D eigenvalue weighted by Gasteiger charge is 2.20. The molecular weight excluding hydrogens is 256 g/mol. The molecule has 0 bridgehead atoms. The summed E-state index contributed by atoms with van der Waals surface area (Å²) >= 11 is 0. The second kappa shape index (κ2) is 6.23. The Hall–Kier alpha value is -2.30. The number of amides is 2. The lowest BCUT2D eigenvalue weighted by Crippen LogP contribution is -2.24. The van der Waals surface area contributed by atoms with E-state index in [1.165, 1.54) is 13.2 Å². The minimum atomic E-state index is -0.538. The van der Waals surface area contributed by atoms with Crippen LogP contribution in [0.25, 0.3) is 0 Å². The van der Waals surface area contributed by atoms with Gasteiger partial charge in [-0.2, -0.15) is 0 Å². The topological polar surface area (TPSA) is 81.4 Å². The van der Waals surface area contributed by atoms with E-state index in [4.69, 9.17) is 10.5 Å². The van der Waals surface area contributed by atoms with Crippen LogP contribution in [-0.2, 0) is 4.79 Å². The van der Waals surface area contributed by atoms with Crippen LogP contribution in [0.15, 0.2) is 30.4 Å². The van der Waals surface area contributed by atoms with Crippen molar-refractivity contribution in [3.63, 3.8) is 0 Å². The molecule has 3 N–H and O–H groups in total. The first-order valence-corrected chi connectivity index (χ1v) is 6.55. The highest BCUT2D eigenvalue weighted by atomic mass is 16.5. The number of allylic oxidation sites excluding steroid dienone is 2. The average Bonchev–Trinajstić information content (AvgIpc) is 2.48. The minimum absolute atomic E-state index is 0.0399. The van der Waals surface area contributed by atoms with Gasteiger partial charge in [-0.25, -0.2) is 0 Å². The molecule has 0 fully saturated rings. The maximum Gasteiger partial charge on any atom is 0.248 e. The van der Waals surface area contributed by atoms with Crippen LogP contribution in [0, 0.1) is 5.92 Å². The van der Waals surface area contributed by atoms with Crippen LogP contribution in [0.5, 0.6) is 5.75 Å². The second-order valence-electron chi connectivity index (χ2n) is 4.75. The summed E-state index contributed by atoms with van der Waals surface area (Å²) < 4.78 is 5.19. The zero-order valence-electron chi connectivity index (χ0n) is 11.4. The predicted octanol–water partition coefficient (Wildman–Crippen LogP) is 2.09. The Balaban J connectivity index is 2.18. The molecular formula is C15H18N2O3. The van der Waals surface area contributed by atoms with Gasteiger partial charge in [-0.15, -0.1) is 0 Å². The summed E-state index contributed by atoms with van der Waals surface area (Å²) in [7, 11) is 1.51. The van der Waals surface area contributed by atoms with Crippen molar-refractivity contribution in [2.45, 2.75) is 19.3 Å². The quantitative estimate of drug-likeness (QED) is 0.825. The molecule has 1 aromatic carbocycles. The Kier molecular flexibility index (Phi) is 4.40. The van der Waals surface area contributed by atoms with Crippen LogP contribution in [0.2, 0.25) is 0 Å². The lowest BCUT2D eigenvalue weighted by molar-refractivity contribution is -0.120. The summed E-state index contributed by atoms with van der Waals surface area (Å²) in [6.07, 6.45) is 6.59. The number of primary amides is 1. The van der Waals surface area contributed by atoms with Crippen LogP contribution in [0.4, 0.5) is 5.69 Å². The molecule has 5 nitrogen and oxygen atoms in total. The Bertz CT molecular complexity index is 552. The molecule has 5 heteroatoms. The van der Waals surface area contributed by atoms with Gasteiger partial charge in [0.2, 0.25) is 11.8 Å². The van der Waals surface area contributed by atoms with Gasteiger partial charge in [-0.05, 0) is 37.5 Å². The molecule has 0 spiro atoms. The largest absolute Gasteiger partial charge is 0.495 e. The van der Waals surface area contributed by atoms with E-state index in [9.17, 15) is 9.59 Å². The lowest BCUT2D eigenvalue weighted by Gasteiger charge is -2.18. The van der Waals surface area contributed by atoms with E-state index < -0.39 is 5.91 Å². The van der Waals surface area contributed by atoms with E-state index in [1.54, 1.807) is 12.1 Å². The summed E-state index contributed by atoms with van der Waals surface area (Å²) in [6.45, 7) is 0. The SMILES string of the molecule is COc1ccc(C(N)=O)cc1NC(=O)[C@@H]1CC=CCC1. The molecule has 2 amide bonds. The van der Waals surface area contributed by atoms with Crippen LogP contribution < -0.4 is 15.8 Å². The summed E-state index contributed by atoms with van der Waals surface area (Å²) in [4.78, 5) is 23.4. The van der Waals surface area contributed by atoms with Crippen molar-refractivity contribution in [3.05, 3.63) is 35.9 Å². The molecule has 0 aromatic heterocycles. The average molecular weight is 274 g/mol. The number of hydrogen-bond acceptors (Lipinski definition) is 3. The zero-order chi connectivity index (χ0) is 14.5. The number of carbonyl (C=O) groups excluding carboxylic acids is 2. The van der Waals surface area contributed by atoms with E-state index in [-0.39, 0.29) is 11.8 Å². The molecule has 0 saturated heterocycles. The fourth-order valence-electron chi connectivity index (χ4n) is 2.23. The molecule has 0 aliphatic heterocycles. The Morgan fingerprint density at radius 2 is 2.15 bits per heavy atom. The number of hydrogen-bond donors (Lipinski definition) is 2. The van der Waals surface area contributed by atoms with Crippen LogP contribution in [0.1, 0.15) is 29.6 Å². The number of carbonyl (C=O) groups is 2. The maximum atomic E-state index is 12.2. The zero-order valence-corrected chi connectivity index (χ0v) is 11.4. The fourth-order valence-corrected chi connectivity index (χ4v) is 2.23. The van der Waals surface area contributed by atoms with E-state index in [0.717, 1.165) is 19.3 Å². The monoisotopic (exact) mass is 274 g/mol. The Morgan fingerprint density at radius 1 is 1.35 bits per heavy atom. The maximum absolute atomic E-state index is 12.2.